The maximum atomic E-state index is 13.2. The molecule has 1 saturated heterocycles. The first-order valence-corrected chi connectivity index (χ1v) is 9.32. The average Bonchev–Trinajstić information content (AvgIpc) is 3.24. The summed E-state index contributed by atoms with van der Waals surface area (Å²) in [4.78, 5) is 39.0. The normalized spacial score (nSPS) is 19.9. The number of nitrogens with one attached hydrogen (secondary N) is 1. The van der Waals surface area contributed by atoms with Gasteiger partial charge in [0.1, 0.15) is 18.1 Å². The van der Waals surface area contributed by atoms with E-state index in [0.717, 1.165) is 17.0 Å². The molecule has 154 valence electrons. The molecule has 3 amide bonds. The first-order valence-electron chi connectivity index (χ1n) is 9.32. The largest absolute Gasteiger partial charge is 0.492 e. The second-order valence-corrected chi connectivity index (χ2v) is 6.66. The zero-order valence-corrected chi connectivity index (χ0v) is 16.0. The number of benzene rings is 2. The lowest BCUT2D eigenvalue weighted by Gasteiger charge is -2.20. The van der Waals surface area contributed by atoms with Crippen LogP contribution < -0.4 is 15.0 Å². The second-order valence-electron chi connectivity index (χ2n) is 6.66. The van der Waals surface area contributed by atoms with Crippen LogP contribution in [0, 0.1) is 5.82 Å². The quantitative estimate of drug-likeness (QED) is 0.734. The van der Waals surface area contributed by atoms with Crippen LogP contribution in [0.2, 0.25) is 0 Å². The minimum atomic E-state index is -1.04. The molecule has 2 heterocycles. The van der Waals surface area contributed by atoms with Gasteiger partial charge >= 0.3 is 0 Å². The molecule has 10 heteroatoms. The van der Waals surface area contributed by atoms with Gasteiger partial charge in [0.2, 0.25) is 5.91 Å². The number of carbonyl (C=O) groups excluding carboxylic acids is 3. The van der Waals surface area contributed by atoms with Crippen molar-refractivity contribution in [2.45, 2.75) is 19.0 Å². The first-order chi connectivity index (χ1) is 14.5. The van der Waals surface area contributed by atoms with Gasteiger partial charge in [0, 0.05) is 0 Å². The molecule has 2 atom stereocenters. The molecular weight excluding hydrogens is 393 g/mol. The highest BCUT2D eigenvalue weighted by Crippen LogP contribution is 2.32. The summed E-state index contributed by atoms with van der Waals surface area (Å²) in [5, 5.41) is 11.6. The smallest absolute Gasteiger partial charge is 0.263 e. The Morgan fingerprint density at radius 2 is 1.87 bits per heavy atom. The number of rotatable bonds is 6. The molecule has 0 bridgehead atoms. The number of fused-ring (bicyclic) bond motifs is 1. The topological polar surface area (TPSA) is 104 Å². The van der Waals surface area contributed by atoms with Crippen molar-refractivity contribution in [1.82, 2.24) is 5.01 Å². The van der Waals surface area contributed by atoms with Crippen molar-refractivity contribution in [1.29, 1.82) is 0 Å². The van der Waals surface area contributed by atoms with E-state index in [4.69, 9.17) is 4.74 Å². The van der Waals surface area contributed by atoms with E-state index >= 15 is 0 Å². The highest BCUT2D eigenvalue weighted by Gasteiger charge is 2.55. The van der Waals surface area contributed by atoms with Gasteiger partial charge < -0.3 is 10.1 Å². The van der Waals surface area contributed by atoms with E-state index in [0.29, 0.717) is 18.0 Å². The molecule has 0 aromatic heterocycles. The van der Waals surface area contributed by atoms with Crippen LogP contribution in [0.1, 0.15) is 6.92 Å². The van der Waals surface area contributed by atoms with Crippen molar-refractivity contribution in [2.75, 3.05) is 23.4 Å². The van der Waals surface area contributed by atoms with Crippen LogP contribution in [0.15, 0.2) is 58.9 Å². The van der Waals surface area contributed by atoms with Crippen LogP contribution in [0.25, 0.3) is 0 Å². The predicted octanol–water partition coefficient (Wildman–Crippen LogP) is 2.16. The van der Waals surface area contributed by atoms with Crippen LogP contribution in [0.5, 0.6) is 5.75 Å². The van der Waals surface area contributed by atoms with Gasteiger partial charge in [-0.15, -0.1) is 0 Å². The molecule has 0 saturated carbocycles. The van der Waals surface area contributed by atoms with Crippen molar-refractivity contribution in [3.8, 4) is 5.75 Å². The summed E-state index contributed by atoms with van der Waals surface area (Å²) in [5.41, 5.74) is 0.727. The standard InChI is InChI=1S/C20H18FN5O4/c1-2-30-15-6-4-3-5-14(15)22-16(27)11-25-18-17(23-24-25)19(28)26(20(18)29)13-9-7-12(21)8-10-13/h3-10,17-18H,2,11H2,1H3,(H,22,27). The van der Waals surface area contributed by atoms with Gasteiger partial charge in [-0.2, -0.15) is 5.11 Å². The lowest BCUT2D eigenvalue weighted by Crippen LogP contribution is -2.43. The number of hydrogen-bond acceptors (Lipinski definition) is 7. The predicted molar refractivity (Wildman–Crippen MR) is 104 cm³/mol. The first kappa shape index (κ1) is 19.5. The molecule has 0 aliphatic carbocycles. The van der Waals surface area contributed by atoms with Crippen molar-refractivity contribution in [3.63, 3.8) is 0 Å². The lowest BCUT2D eigenvalue weighted by molar-refractivity contribution is -0.123. The van der Waals surface area contributed by atoms with Crippen LogP contribution in [0.4, 0.5) is 15.8 Å². The minimum Gasteiger partial charge on any atom is -0.492 e. The third-order valence-corrected chi connectivity index (χ3v) is 4.71. The van der Waals surface area contributed by atoms with Crippen molar-refractivity contribution < 1.29 is 23.5 Å². The molecule has 1 fully saturated rings. The van der Waals surface area contributed by atoms with Crippen LogP contribution >= 0.6 is 0 Å². The number of nitrogens with zero attached hydrogens (tertiary/aromatic N) is 4. The molecule has 2 aliphatic rings. The fourth-order valence-corrected chi connectivity index (χ4v) is 3.39. The molecular formula is C20H18FN5O4. The average molecular weight is 411 g/mol. The maximum Gasteiger partial charge on any atom is 0.263 e. The summed E-state index contributed by atoms with van der Waals surface area (Å²) in [6.45, 7) is 1.99. The number of ether oxygens (including phenoxy) is 1. The van der Waals surface area contributed by atoms with Gasteiger partial charge in [-0.05, 0) is 43.3 Å². The van der Waals surface area contributed by atoms with Crippen molar-refractivity contribution in [3.05, 3.63) is 54.3 Å². The molecule has 2 aromatic rings. The van der Waals surface area contributed by atoms with E-state index < -0.39 is 35.6 Å². The maximum absolute atomic E-state index is 13.2. The highest BCUT2D eigenvalue weighted by molar-refractivity contribution is 6.25. The lowest BCUT2D eigenvalue weighted by atomic mass is 10.1. The molecule has 4 rings (SSSR count). The number of halogens is 1. The van der Waals surface area contributed by atoms with Crippen molar-refractivity contribution in [2.24, 2.45) is 10.3 Å². The number of anilines is 2. The molecule has 0 radical (unpaired) electrons. The summed E-state index contributed by atoms with van der Waals surface area (Å²) in [7, 11) is 0. The van der Waals surface area contributed by atoms with E-state index in [1.54, 1.807) is 24.3 Å². The van der Waals surface area contributed by atoms with E-state index in [-0.39, 0.29) is 12.2 Å². The number of para-hydroxylation sites is 2. The number of imide groups is 1. The van der Waals surface area contributed by atoms with Gasteiger partial charge in [-0.3, -0.25) is 19.4 Å². The van der Waals surface area contributed by atoms with E-state index in [1.807, 2.05) is 6.92 Å². The zero-order valence-electron chi connectivity index (χ0n) is 16.0. The highest BCUT2D eigenvalue weighted by atomic mass is 19.1. The molecule has 1 N–H and O–H groups in total. The van der Waals surface area contributed by atoms with E-state index in [9.17, 15) is 18.8 Å². The molecule has 30 heavy (non-hydrogen) atoms. The number of amides is 3. The fraction of sp³-hybridized carbons (Fsp3) is 0.250. The van der Waals surface area contributed by atoms with E-state index in [2.05, 4.69) is 15.7 Å². The SMILES string of the molecule is CCOc1ccccc1NC(=O)CN1N=NC2C(=O)N(c3ccc(F)cc3)C(=O)C21. The van der Waals surface area contributed by atoms with Gasteiger partial charge in [-0.25, -0.2) is 9.29 Å². The summed E-state index contributed by atoms with van der Waals surface area (Å²) < 4.78 is 18.7. The Morgan fingerprint density at radius 1 is 1.13 bits per heavy atom. The molecule has 2 aromatic carbocycles. The van der Waals surface area contributed by atoms with Gasteiger partial charge in [-0.1, -0.05) is 17.4 Å². The monoisotopic (exact) mass is 411 g/mol. The summed E-state index contributed by atoms with van der Waals surface area (Å²) >= 11 is 0. The van der Waals surface area contributed by atoms with Gasteiger partial charge in [0.15, 0.2) is 12.1 Å². The van der Waals surface area contributed by atoms with Crippen LogP contribution in [0.3, 0.4) is 0 Å². The van der Waals surface area contributed by atoms with E-state index in [1.165, 1.54) is 17.1 Å². The fourth-order valence-electron chi connectivity index (χ4n) is 3.39. The summed E-state index contributed by atoms with van der Waals surface area (Å²) in [6.07, 6.45) is 0. The summed E-state index contributed by atoms with van der Waals surface area (Å²) in [5.74, 6) is -1.54. The molecule has 2 aliphatic heterocycles. The number of hydrogen-bond donors (Lipinski definition) is 1. The van der Waals surface area contributed by atoms with Gasteiger partial charge in [0.25, 0.3) is 11.8 Å². The summed E-state index contributed by atoms with van der Waals surface area (Å²) in [6, 6.07) is 9.90. The Balaban J connectivity index is 1.48. The third kappa shape index (κ3) is 3.47. The Labute approximate surface area is 171 Å². The third-order valence-electron chi connectivity index (χ3n) is 4.71. The second kappa shape index (κ2) is 7.90. The molecule has 0 spiro atoms. The molecule has 9 nitrogen and oxygen atoms in total. The Bertz CT molecular complexity index is 1030. The Morgan fingerprint density at radius 3 is 2.60 bits per heavy atom. The zero-order chi connectivity index (χ0) is 21.3. The van der Waals surface area contributed by atoms with Crippen LogP contribution in [-0.2, 0) is 14.4 Å². The van der Waals surface area contributed by atoms with Crippen molar-refractivity contribution >= 4 is 29.1 Å². The minimum absolute atomic E-state index is 0.242. The Kier molecular flexibility index (Phi) is 5.13. The van der Waals surface area contributed by atoms with Gasteiger partial charge in [0.05, 0.1) is 18.0 Å². The van der Waals surface area contributed by atoms with Crippen LogP contribution in [-0.4, -0.2) is 48.0 Å². The number of carbonyl (C=O) groups is 3. The molecule has 2 unspecified atom stereocenters. The Hall–Kier alpha value is -3.82.